The van der Waals surface area contributed by atoms with Crippen LogP contribution in [-0.4, -0.2) is 38.0 Å². The molecule has 2 fully saturated rings. The summed E-state index contributed by atoms with van der Waals surface area (Å²) in [5.41, 5.74) is 0. The van der Waals surface area contributed by atoms with Crippen LogP contribution in [0.2, 0.25) is 0 Å². The highest BCUT2D eigenvalue weighted by molar-refractivity contribution is 5.76. The molecule has 4 nitrogen and oxygen atoms in total. The first-order valence-electron chi connectivity index (χ1n) is 3.26. The minimum absolute atomic E-state index is 0.155. The molecule has 0 aromatic heterocycles. The van der Waals surface area contributed by atoms with Crippen molar-refractivity contribution in [1.29, 1.82) is 0 Å². The molecule has 0 aromatic carbocycles. The molecule has 2 heterocycles. The summed E-state index contributed by atoms with van der Waals surface area (Å²) in [6.45, 7) is 1.63. The molecule has 2 aliphatic rings. The van der Waals surface area contributed by atoms with Gasteiger partial charge in [-0.05, 0) is 0 Å². The molecule has 4 heteroatoms. The van der Waals surface area contributed by atoms with Crippen molar-refractivity contribution in [1.82, 2.24) is 0 Å². The predicted molar refractivity (Wildman–Crippen MR) is 30.4 cm³/mol. The molecule has 0 unspecified atom stereocenters. The number of carbonyl (C=O) groups is 1. The van der Waals surface area contributed by atoms with Crippen LogP contribution in [-0.2, 0) is 19.0 Å². The number of esters is 1. The Hall–Kier alpha value is -0.610. The molecule has 0 radical (unpaired) electrons. The lowest BCUT2D eigenvalue weighted by atomic mass is 10.5. The first kappa shape index (κ1) is 6.12. The maximum atomic E-state index is 10.7. The van der Waals surface area contributed by atoms with Crippen LogP contribution in [0.25, 0.3) is 0 Å². The van der Waals surface area contributed by atoms with E-state index in [-0.39, 0.29) is 18.2 Å². The molecule has 2 aliphatic heterocycles. The normalized spacial score (nSPS) is 35.2. The first-order chi connectivity index (χ1) is 4.86. The van der Waals surface area contributed by atoms with Crippen LogP contribution in [0.3, 0.4) is 0 Å². The quantitative estimate of drug-likeness (QED) is 0.389. The van der Waals surface area contributed by atoms with E-state index in [1.807, 2.05) is 0 Å². The molecule has 0 spiro atoms. The van der Waals surface area contributed by atoms with Crippen LogP contribution in [0.1, 0.15) is 0 Å². The SMILES string of the molecule is O=C(OC[C@H]1CO1)[C@@H]1CO1. The van der Waals surface area contributed by atoms with Gasteiger partial charge in [-0.25, -0.2) is 4.79 Å². The van der Waals surface area contributed by atoms with Crippen LogP contribution in [0.4, 0.5) is 0 Å². The zero-order valence-electron chi connectivity index (χ0n) is 5.41. The summed E-state index contributed by atoms with van der Waals surface area (Å²) in [5.74, 6) is -0.254. The average Bonchev–Trinajstić information content (AvgIpc) is 2.76. The van der Waals surface area contributed by atoms with Crippen molar-refractivity contribution in [2.24, 2.45) is 0 Å². The van der Waals surface area contributed by atoms with Crippen molar-refractivity contribution in [3.63, 3.8) is 0 Å². The minimum atomic E-state index is -0.279. The second kappa shape index (κ2) is 2.21. The van der Waals surface area contributed by atoms with Crippen LogP contribution < -0.4 is 0 Å². The monoisotopic (exact) mass is 144 g/mol. The highest BCUT2D eigenvalue weighted by Gasteiger charge is 2.34. The van der Waals surface area contributed by atoms with Crippen molar-refractivity contribution in [3.05, 3.63) is 0 Å². The lowest BCUT2D eigenvalue weighted by Crippen LogP contribution is -2.14. The number of epoxide rings is 2. The highest BCUT2D eigenvalue weighted by atomic mass is 16.6. The minimum Gasteiger partial charge on any atom is -0.461 e. The van der Waals surface area contributed by atoms with Crippen LogP contribution in [0.5, 0.6) is 0 Å². The number of carbonyl (C=O) groups excluding carboxylic acids is 1. The van der Waals surface area contributed by atoms with Crippen molar-refractivity contribution in [2.75, 3.05) is 19.8 Å². The van der Waals surface area contributed by atoms with Gasteiger partial charge in [0, 0.05) is 0 Å². The maximum absolute atomic E-state index is 10.7. The summed E-state index contributed by atoms with van der Waals surface area (Å²) >= 11 is 0. The van der Waals surface area contributed by atoms with Gasteiger partial charge in [-0.3, -0.25) is 0 Å². The van der Waals surface area contributed by atoms with Gasteiger partial charge < -0.3 is 14.2 Å². The van der Waals surface area contributed by atoms with E-state index in [9.17, 15) is 4.79 Å². The molecule has 10 heavy (non-hydrogen) atoms. The van der Waals surface area contributed by atoms with Gasteiger partial charge in [-0.1, -0.05) is 0 Å². The van der Waals surface area contributed by atoms with E-state index in [1.54, 1.807) is 0 Å². The van der Waals surface area contributed by atoms with Crippen molar-refractivity contribution in [2.45, 2.75) is 12.2 Å². The molecule has 56 valence electrons. The van der Waals surface area contributed by atoms with Gasteiger partial charge in [0.25, 0.3) is 0 Å². The summed E-state index contributed by atoms with van der Waals surface area (Å²) in [4.78, 5) is 10.7. The molecular weight excluding hydrogens is 136 g/mol. The van der Waals surface area contributed by atoms with Gasteiger partial charge in [0.2, 0.25) is 0 Å². The molecule has 0 amide bonds. The Labute approximate surface area is 58.1 Å². The number of rotatable bonds is 3. The fourth-order valence-corrected chi connectivity index (χ4v) is 0.616. The summed E-state index contributed by atoms with van der Waals surface area (Å²) in [6, 6.07) is 0. The second-order valence-electron chi connectivity index (χ2n) is 2.41. The van der Waals surface area contributed by atoms with Crippen molar-refractivity contribution < 1.29 is 19.0 Å². The third-order valence-corrected chi connectivity index (χ3v) is 1.41. The maximum Gasteiger partial charge on any atom is 0.337 e. The van der Waals surface area contributed by atoms with Gasteiger partial charge >= 0.3 is 5.97 Å². The molecule has 2 rings (SSSR count). The summed E-state index contributed by atoms with van der Waals surface area (Å²) in [6.07, 6.45) is -0.124. The fraction of sp³-hybridized carbons (Fsp3) is 0.833. The molecule has 2 saturated heterocycles. The lowest BCUT2D eigenvalue weighted by molar-refractivity contribution is -0.145. The molecule has 0 aliphatic carbocycles. The Bertz CT molecular complexity index is 148. The largest absolute Gasteiger partial charge is 0.461 e. The van der Waals surface area contributed by atoms with Gasteiger partial charge in [-0.2, -0.15) is 0 Å². The number of ether oxygens (including phenoxy) is 3. The van der Waals surface area contributed by atoms with Gasteiger partial charge in [-0.15, -0.1) is 0 Å². The zero-order chi connectivity index (χ0) is 6.97. The Morgan fingerprint density at radius 1 is 1.50 bits per heavy atom. The molecule has 0 saturated carbocycles. The zero-order valence-corrected chi connectivity index (χ0v) is 5.41. The Morgan fingerprint density at radius 3 is 2.70 bits per heavy atom. The van der Waals surface area contributed by atoms with E-state index in [0.717, 1.165) is 6.61 Å². The van der Waals surface area contributed by atoms with Crippen LogP contribution >= 0.6 is 0 Å². The van der Waals surface area contributed by atoms with E-state index in [4.69, 9.17) is 14.2 Å². The third kappa shape index (κ3) is 1.46. The number of hydrogen-bond acceptors (Lipinski definition) is 4. The van der Waals surface area contributed by atoms with E-state index < -0.39 is 0 Å². The highest BCUT2D eigenvalue weighted by Crippen LogP contribution is 2.13. The number of hydrogen-bond donors (Lipinski definition) is 0. The average molecular weight is 144 g/mol. The summed E-state index contributed by atoms with van der Waals surface area (Å²) in [5, 5.41) is 0. The van der Waals surface area contributed by atoms with Crippen LogP contribution in [0, 0.1) is 0 Å². The van der Waals surface area contributed by atoms with E-state index >= 15 is 0 Å². The van der Waals surface area contributed by atoms with Crippen LogP contribution in [0.15, 0.2) is 0 Å². The van der Waals surface area contributed by atoms with Crippen molar-refractivity contribution in [3.8, 4) is 0 Å². The Balaban J connectivity index is 1.63. The molecule has 0 N–H and O–H groups in total. The Morgan fingerprint density at radius 2 is 2.20 bits per heavy atom. The Kier molecular flexibility index (Phi) is 1.35. The third-order valence-electron chi connectivity index (χ3n) is 1.41. The van der Waals surface area contributed by atoms with E-state index in [2.05, 4.69) is 0 Å². The topological polar surface area (TPSA) is 51.4 Å². The summed E-state index contributed by atoms with van der Waals surface area (Å²) in [7, 11) is 0. The smallest absolute Gasteiger partial charge is 0.337 e. The van der Waals surface area contributed by atoms with Crippen molar-refractivity contribution >= 4 is 5.97 Å². The van der Waals surface area contributed by atoms with Gasteiger partial charge in [0.05, 0.1) is 13.2 Å². The standard InChI is InChI=1S/C6H8O4/c7-6(5-3-9-5)10-2-4-1-8-4/h4-5H,1-3H2/t4-,5+/m1/s1. The molecule has 2 atom stereocenters. The molecule has 0 aromatic rings. The van der Waals surface area contributed by atoms with Gasteiger partial charge in [0.1, 0.15) is 12.7 Å². The first-order valence-corrected chi connectivity index (χ1v) is 3.26. The second-order valence-corrected chi connectivity index (χ2v) is 2.41. The molecular formula is C6H8O4. The lowest BCUT2D eigenvalue weighted by Gasteiger charge is -1.97. The van der Waals surface area contributed by atoms with E-state index in [1.165, 1.54) is 0 Å². The fourth-order valence-electron chi connectivity index (χ4n) is 0.616. The van der Waals surface area contributed by atoms with Gasteiger partial charge in [0.15, 0.2) is 6.10 Å². The summed E-state index contributed by atoms with van der Waals surface area (Å²) < 4.78 is 14.3. The van der Waals surface area contributed by atoms with E-state index in [0.29, 0.717) is 13.2 Å². The molecule has 0 bridgehead atoms. The predicted octanol–water partition coefficient (Wildman–Crippen LogP) is -0.673.